The highest BCUT2D eigenvalue weighted by Gasteiger charge is 2.17. The van der Waals surface area contributed by atoms with Crippen molar-refractivity contribution in [1.82, 2.24) is 5.32 Å². The zero-order chi connectivity index (χ0) is 15.0. The molecule has 0 saturated carbocycles. The third kappa shape index (κ3) is 5.33. The van der Waals surface area contributed by atoms with Gasteiger partial charge in [-0.2, -0.15) is 0 Å². The fourth-order valence-electron chi connectivity index (χ4n) is 2.12. The highest BCUT2D eigenvalue weighted by molar-refractivity contribution is 5.75. The minimum atomic E-state index is -0.204. The van der Waals surface area contributed by atoms with Gasteiger partial charge in [-0.15, -0.1) is 0 Å². The number of unbranched alkanes of at least 4 members (excludes halogenated alkanes) is 1. The van der Waals surface area contributed by atoms with Gasteiger partial charge < -0.3 is 10.1 Å². The lowest BCUT2D eigenvalue weighted by molar-refractivity contribution is -0.143. The first-order valence-corrected chi connectivity index (χ1v) is 7.48. The average molecular weight is 277 g/mol. The maximum absolute atomic E-state index is 11.7. The van der Waals surface area contributed by atoms with Crippen molar-refractivity contribution < 1.29 is 9.53 Å². The minimum Gasteiger partial charge on any atom is -0.468 e. The van der Waals surface area contributed by atoms with Crippen LogP contribution in [0.4, 0.5) is 0 Å². The van der Waals surface area contributed by atoms with Gasteiger partial charge in [-0.05, 0) is 23.5 Å². The number of hydrogen-bond acceptors (Lipinski definition) is 3. The number of benzene rings is 1. The van der Waals surface area contributed by atoms with Crippen LogP contribution in [-0.4, -0.2) is 19.1 Å². The van der Waals surface area contributed by atoms with Gasteiger partial charge in [0.15, 0.2) is 0 Å². The van der Waals surface area contributed by atoms with Crippen LogP contribution in [0.3, 0.4) is 0 Å². The molecule has 0 aromatic heterocycles. The molecule has 3 nitrogen and oxygen atoms in total. The molecule has 3 heteroatoms. The Bertz CT molecular complexity index is 398. The van der Waals surface area contributed by atoms with Crippen LogP contribution in [0.1, 0.15) is 57.1 Å². The highest BCUT2D eigenvalue weighted by atomic mass is 16.5. The van der Waals surface area contributed by atoms with Crippen molar-refractivity contribution in [2.45, 2.75) is 58.5 Å². The standard InChI is InChI=1S/C17H27NO2/c1-5-6-7-16(17(19)20-4)18-12-14-8-10-15(11-9-14)13(2)3/h8-11,13,16,18H,5-7,12H2,1-4H3. The summed E-state index contributed by atoms with van der Waals surface area (Å²) in [7, 11) is 1.44. The van der Waals surface area contributed by atoms with Gasteiger partial charge in [-0.3, -0.25) is 4.79 Å². The van der Waals surface area contributed by atoms with E-state index in [2.05, 4.69) is 50.4 Å². The van der Waals surface area contributed by atoms with Crippen molar-refractivity contribution in [3.8, 4) is 0 Å². The van der Waals surface area contributed by atoms with E-state index in [0.717, 1.165) is 19.3 Å². The molecule has 1 unspecified atom stereocenters. The van der Waals surface area contributed by atoms with Gasteiger partial charge in [-0.25, -0.2) is 0 Å². The van der Waals surface area contributed by atoms with Crippen molar-refractivity contribution in [1.29, 1.82) is 0 Å². The third-order valence-corrected chi connectivity index (χ3v) is 3.53. The van der Waals surface area contributed by atoms with Crippen LogP contribution in [0.25, 0.3) is 0 Å². The zero-order valence-corrected chi connectivity index (χ0v) is 13.1. The summed E-state index contributed by atoms with van der Waals surface area (Å²) in [5.74, 6) is 0.377. The molecule has 0 aliphatic rings. The van der Waals surface area contributed by atoms with Gasteiger partial charge in [0.1, 0.15) is 6.04 Å². The summed E-state index contributed by atoms with van der Waals surface area (Å²) in [5, 5.41) is 3.30. The maximum atomic E-state index is 11.7. The fraction of sp³-hybridized carbons (Fsp3) is 0.588. The number of rotatable bonds is 8. The molecule has 0 heterocycles. The van der Waals surface area contributed by atoms with Crippen LogP contribution in [0.5, 0.6) is 0 Å². The van der Waals surface area contributed by atoms with Gasteiger partial charge in [-0.1, -0.05) is 57.9 Å². The first-order valence-electron chi connectivity index (χ1n) is 7.48. The summed E-state index contributed by atoms with van der Waals surface area (Å²) in [6, 6.07) is 8.35. The molecular weight excluding hydrogens is 250 g/mol. The molecule has 0 saturated heterocycles. The van der Waals surface area contributed by atoms with Crippen LogP contribution in [-0.2, 0) is 16.1 Å². The number of ether oxygens (including phenoxy) is 1. The Morgan fingerprint density at radius 2 is 1.90 bits per heavy atom. The monoisotopic (exact) mass is 277 g/mol. The number of carbonyl (C=O) groups excluding carboxylic acids is 1. The molecule has 0 fully saturated rings. The first kappa shape index (κ1) is 16.7. The van der Waals surface area contributed by atoms with Gasteiger partial charge in [0.25, 0.3) is 0 Å². The lowest BCUT2D eigenvalue weighted by Crippen LogP contribution is -2.37. The Labute approximate surface area is 122 Å². The molecule has 1 aromatic carbocycles. The summed E-state index contributed by atoms with van der Waals surface area (Å²) in [4.78, 5) is 11.7. The summed E-state index contributed by atoms with van der Waals surface area (Å²) in [5.41, 5.74) is 2.53. The van der Waals surface area contributed by atoms with Gasteiger partial charge in [0, 0.05) is 6.54 Å². The van der Waals surface area contributed by atoms with E-state index >= 15 is 0 Å². The fourth-order valence-corrected chi connectivity index (χ4v) is 2.12. The second-order valence-electron chi connectivity index (χ2n) is 5.50. The van der Waals surface area contributed by atoms with E-state index in [0.29, 0.717) is 12.5 Å². The average Bonchev–Trinajstić information content (AvgIpc) is 2.47. The molecule has 1 aromatic rings. The highest BCUT2D eigenvalue weighted by Crippen LogP contribution is 2.15. The Balaban J connectivity index is 2.55. The molecular formula is C17H27NO2. The van der Waals surface area contributed by atoms with Crippen molar-refractivity contribution in [3.63, 3.8) is 0 Å². The zero-order valence-electron chi connectivity index (χ0n) is 13.1. The van der Waals surface area contributed by atoms with Crippen molar-refractivity contribution in [2.24, 2.45) is 0 Å². The van der Waals surface area contributed by atoms with E-state index in [-0.39, 0.29) is 12.0 Å². The van der Waals surface area contributed by atoms with E-state index in [1.807, 2.05) is 0 Å². The lowest BCUT2D eigenvalue weighted by Gasteiger charge is -2.16. The Hall–Kier alpha value is -1.35. The Kier molecular flexibility index (Phi) is 7.31. The number of carbonyl (C=O) groups is 1. The molecule has 0 amide bonds. The molecule has 1 N–H and O–H groups in total. The quantitative estimate of drug-likeness (QED) is 0.737. The second kappa shape index (κ2) is 8.75. The molecule has 1 atom stereocenters. The van der Waals surface area contributed by atoms with Crippen LogP contribution in [0.2, 0.25) is 0 Å². The smallest absolute Gasteiger partial charge is 0.322 e. The molecule has 20 heavy (non-hydrogen) atoms. The molecule has 0 aliphatic carbocycles. The number of esters is 1. The van der Waals surface area contributed by atoms with Gasteiger partial charge >= 0.3 is 5.97 Å². The van der Waals surface area contributed by atoms with Gasteiger partial charge in [0.05, 0.1) is 7.11 Å². The molecule has 0 spiro atoms. The minimum absolute atomic E-state index is 0.169. The molecule has 0 radical (unpaired) electrons. The van der Waals surface area contributed by atoms with Crippen LogP contribution < -0.4 is 5.32 Å². The predicted octanol–water partition coefficient (Wildman–Crippen LogP) is 3.63. The van der Waals surface area contributed by atoms with Crippen LogP contribution in [0, 0.1) is 0 Å². The summed E-state index contributed by atoms with van der Waals surface area (Å²) in [6.07, 6.45) is 2.94. The number of hydrogen-bond donors (Lipinski definition) is 1. The predicted molar refractivity (Wildman–Crippen MR) is 82.7 cm³/mol. The van der Waals surface area contributed by atoms with E-state index in [1.54, 1.807) is 0 Å². The number of nitrogens with one attached hydrogen (secondary N) is 1. The summed E-state index contributed by atoms with van der Waals surface area (Å²) >= 11 is 0. The largest absolute Gasteiger partial charge is 0.468 e. The molecule has 112 valence electrons. The van der Waals surface area contributed by atoms with Crippen LogP contribution in [0.15, 0.2) is 24.3 Å². The Morgan fingerprint density at radius 3 is 2.40 bits per heavy atom. The van der Waals surface area contributed by atoms with Crippen molar-refractivity contribution in [2.75, 3.05) is 7.11 Å². The van der Waals surface area contributed by atoms with E-state index in [4.69, 9.17) is 4.74 Å². The van der Waals surface area contributed by atoms with E-state index in [9.17, 15) is 4.79 Å². The SMILES string of the molecule is CCCCC(NCc1ccc(C(C)C)cc1)C(=O)OC. The normalized spacial score (nSPS) is 12.4. The van der Waals surface area contributed by atoms with Gasteiger partial charge in [0.2, 0.25) is 0 Å². The Morgan fingerprint density at radius 1 is 1.25 bits per heavy atom. The topological polar surface area (TPSA) is 38.3 Å². The lowest BCUT2D eigenvalue weighted by atomic mass is 10.0. The summed E-state index contributed by atoms with van der Waals surface area (Å²) in [6.45, 7) is 7.19. The summed E-state index contributed by atoms with van der Waals surface area (Å²) < 4.78 is 4.85. The molecule has 0 aliphatic heterocycles. The first-order chi connectivity index (χ1) is 9.58. The molecule has 0 bridgehead atoms. The molecule has 1 rings (SSSR count). The van der Waals surface area contributed by atoms with Crippen molar-refractivity contribution >= 4 is 5.97 Å². The third-order valence-electron chi connectivity index (χ3n) is 3.53. The van der Waals surface area contributed by atoms with Crippen LogP contribution >= 0.6 is 0 Å². The maximum Gasteiger partial charge on any atom is 0.322 e. The van der Waals surface area contributed by atoms with E-state index < -0.39 is 0 Å². The van der Waals surface area contributed by atoms with Crippen molar-refractivity contribution in [3.05, 3.63) is 35.4 Å². The second-order valence-corrected chi connectivity index (χ2v) is 5.50. The van der Waals surface area contributed by atoms with E-state index in [1.165, 1.54) is 18.2 Å². The number of methoxy groups -OCH3 is 1.